The van der Waals surface area contributed by atoms with Crippen LogP contribution in [0.15, 0.2) is 24.4 Å². The zero-order chi connectivity index (χ0) is 12.9. The van der Waals surface area contributed by atoms with Crippen molar-refractivity contribution >= 4 is 12.3 Å². The summed E-state index contributed by atoms with van der Waals surface area (Å²) < 4.78 is 9.12. The van der Waals surface area contributed by atoms with Gasteiger partial charge in [0.1, 0.15) is 12.2 Å². The number of pyridine rings is 1. The first kappa shape index (κ1) is 13.3. The number of aliphatic hydroxyl groups is 1. The Bertz CT molecular complexity index is 394. The summed E-state index contributed by atoms with van der Waals surface area (Å²) in [5.74, 6) is -4.67. The van der Waals surface area contributed by atoms with Crippen molar-refractivity contribution in [3.63, 3.8) is 0 Å². The second kappa shape index (κ2) is 5.51. The van der Waals surface area contributed by atoms with Crippen LogP contribution in [-0.2, 0) is 19.1 Å². The molecule has 0 fully saturated rings. The molecule has 1 rings (SSSR count). The first-order valence-corrected chi connectivity index (χ1v) is 4.82. The summed E-state index contributed by atoms with van der Waals surface area (Å²) in [4.78, 5) is 26.4. The molecule has 92 valence electrons. The molecule has 1 N–H and O–H groups in total. The lowest BCUT2D eigenvalue weighted by atomic mass is 9.95. The van der Waals surface area contributed by atoms with Gasteiger partial charge in [-0.05, 0) is 12.1 Å². The molecule has 6 nitrogen and oxygen atoms in total. The number of esters is 1. The molecule has 1 aromatic rings. The predicted molar refractivity (Wildman–Crippen MR) is 57.0 cm³/mol. The molecule has 2 unspecified atom stereocenters. The van der Waals surface area contributed by atoms with Crippen molar-refractivity contribution in [2.75, 3.05) is 14.2 Å². The Kier molecular flexibility index (Phi) is 4.30. The van der Waals surface area contributed by atoms with Gasteiger partial charge in [0, 0.05) is 13.3 Å². The van der Waals surface area contributed by atoms with Crippen molar-refractivity contribution in [1.29, 1.82) is 0 Å². The molecule has 0 amide bonds. The Morgan fingerprint density at radius 3 is 2.65 bits per heavy atom. The topological polar surface area (TPSA) is 85.7 Å². The Hall–Kier alpha value is -1.79. The molecule has 2 atom stereocenters. The third-order valence-corrected chi connectivity index (χ3v) is 2.35. The van der Waals surface area contributed by atoms with Gasteiger partial charge in [-0.1, -0.05) is 6.07 Å². The van der Waals surface area contributed by atoms with E-state index in [1.54, 1.807) is 12.1 Å². The Balaban J connectivity index is 3.16. The number of aromatic nitrogens is 1. The molecule has 1 aromatic heterocycles. The van der Waals surface area contributed by atoms with E-state index in [0.29, 0.717) is 6.29 Å². The number of carbonyl (C=O) groups excluding carboxylic acids is 2. The molecular formula is C11H13NO5. The highest BCUT2D eigenvalue weighted by atomic mass is 16.7. The fraction of sp³-hybridized carbons (Fsp3) is 0.364. The van der Waals surface area contributed by atoms with E-state index in [1.807, 2.05) is 0 Å². The van der Waals surface area contributed by atoms with Crippen molar-refractivity contribution in [2.24, 2.45) is 0 Å². The molecular weight excluding hydrogens is 226 g/mol. The van der Waals surface area contributed by atoms with Gasteiger partial charge < -0.3 is 19.4 Å². The summed E-state index contributed by atoms with van der Waals surface area (Å²) >= 11 is 0. The van der Waals surface area contributed by atoms with Gasteiger partial charge in [0.15, 0.2) is 0 Å². The SMILES string of the molecule is COC(=O)C(O)(OC)C(C=O)c1ccccn1. The number of nitrogens with zero attached hydrogens (tertiary/aromatic N) is 1. The highest BCUT2D eigenvalue weighted by Gasteiger charge is 2.47. The second-order valence-electron chi connectivity index (χ2n) is 3.26. The average molecular weight is 239 g/mol. The van der Waals surface area contributed by atoms with Gasteiger partial charge in [0.2, 0.25) is 0 Å². The molecule has 0 radical (unpaired) electrons. The summed E-state index contributed by atoms with van der Waals surface area (Å²) in [5.41, 5.74) is 0.220. The molecule has 0 spiro atoms. The van der Waals surface area contributed by atoms with Gasteiger partial charge >= 0.3 is 5.97 Å². The molecule has 6 heteroatoms. The smallest absolute Gasteiger partial charge is 0.367 e. The fourth-order valence-corrected chi connectivity index (χ4v) is 1.41. The zero-order valence-corrected chi connectivity index (χ0v) is 9.49. The molecule has 1 heterocycles. The second-order valence-corrected chi connectivity index (χ2v) is 3.26. The van der Waals surface area contributed by atoms with Crippen LogP contribution < -0.4 is 0 Å². The van der Waals surface area contributed by atoms with E-state index in [2.05, 4.69) is 9.72 Å². The fourth-order valence-electron chi connectivity index (χ4n) is 1.41. The van der Waals surface area contributed by atoms with Gasteiger partial charge in [-0.3, -0.25) is 4.98 Å². The van der Waals surface area contributed by atoms with Crippen LogP contribution in [0.3, 0.4) is 0 Å². The normalized spacial score (nSPS) is 15.7. The maximum absolute atomic E-state index is 11.5. The van der Waals surface area contributed by atoms with E-state index in [-0.39, 0.29) is 5.69 Å². The minimum absolute atomic E-state index is 0.220. The maximum atomic E-state index is 11.5. The Morgan fingerprint density at radius 2 is 2.24 bits per heavy atom. The minimum atomic E-state index is -2.37. The Morgan fingerprint density at radius 1 is 1.53 bits per heavy atom. The van der Waals surface area contributed by atoms with E-state index >= 15 is 0 Å². The van der Waals surface area contributed by atoms with Crippen LogP contribution in [-0.4, -0.2) is 42.4 Å². The monoisotopic (exact) mass is 239 g/mol. The number of methoxy groups -OCH3 is 2. The molecule has 0 saturated carbocycles. The highest BCUT2D eigenvalue weighted by molar-refractivity contribution is 5.84. The van der Waals surface area contributed by atoms with Crippen molar-refractivity contribution in [1.82, 2.24) is 4.98 Å². The number of aldehydes is 1. The van der Waals surface area contributed by atoms with Crippen molar-refractivity contribution in [3.8, 4) is 0 Å². The third kappa shape index (κ3) is 2.48. The van der Waals surface area contributed by atoms with Crippen LogP contribution in [0.5, 0.6) is 0 Å². The lowest BCUT2D eigenvalue weighted by Gasteiger charge is -2.27. The third-order valence-electron chi connectivity index (χ3n) is 2.35. The molecule has 0 aliphatic rings. The molecule has 0 bridgehead atoms. The summed E-state index contributed by atoms with van der Waals surface area (Å²) in [7, 11) is 2.20. The summed E-state index contributed by atoms with van der Waals surface area (Å²) in [5, 5.41) is 10.0. The van der Waals surface area contributed by atoms with E-state index < -0.39 is 17.7 Å². The van der Waals surface area contributed by atoms with Crippen molar-refractivity contribution in [2.45, 2.75) is 11.7 Å². The zero-order valence-electron chi connectivity index (χ0n) is 9.49. The summed E-state index contributed by atoms with van der Waals surface area (Å²) in [6.45, 7) is 0. The van der Waals surface area contributed by atoms with Crippen LogP contribution >= 0.6 is 0 Å². The van der Waals surface area contributed by atoms with E-state index in [4.69, 9.17) is 4.74 Å². The van der Waals surface area contributed by atoms with Crippen molar-refractivity contribution < 1.29 is 24.2 Å². The number of carbonyl (C=O) groups is 2. The molecule has 17 heavy (non-hydrogen) atoms. The summed E-state index contributed by atoms with van der Waals surface area (Å²) in [6.07, 6.45) is 1.84. The number of hydrogen-bond donors (Lipinski definition) is 1. The molecule has 0 aromatic carbocycles. The van der Waals surface area contributed by atoms with E-state index in [0.717, 1.165) is 14.2 Å². The number of ether oxygens (including phenoxy) is 2. The van der Waals surface area contributed by atoms with Crippen LogP contribution in [0.1, 0.15) is 11.6 Å². The van der Waals surface area contributed by atoms with Crippen molar-refractivity contribution in [3.05, 3.63) is 30.1 Å². The van der Waals surface area contributed by atoms with Gasteiger partial charge in [0.25, 0.3) is 5.79 Å². The van der Waals surface area contributed by atoms with Crippen LogP contribution in [0.2, 0.25) is 0 Å². The van der Waals surface area contributed by atoms with Crippen LogP contribution in [0, 0.1) is 0 Å². The highest BCUT2D eigenvalue weighted by Crippen LogP contribution is 2.27. The lowest BCUT2D eigenvalue weighted by molar-refractivity contribution is -0.223. The molecule has 0 saturated heterocycles. The first-order valence-electron chi connectivity index (χ1n) is 4.82. The minimum Gasteiger partial charge on any atom is -0.465 e. The van der Waals surface area contributed by atoms with Gasteiger partial charge in [-0.2, -0.15) is 0 Å². The van der Waals surface area contributed by atoms with Crippen LogP contribution in [0.4, 0.5) is 0 Å². The number of rotatable bonds is 5. The summed E-state index contributed by atoms with van der Waals surface area (Å²) in [6, 6.07) is 4.79. The van der Waals surface area contributed by atoms with Crippen LogP contribution in [0.25, 0.3) is 0 Å². The lowest BCUT2D eigenvalue weighted by Crippen LogP contribution is -2.48. The maximum Gasteiger partial charge on any atom is 0.367 e. The first-order chi connectivity index (χ1) is 8.10. The van der Waals surface area contributed by atoms with E-state index in [9.17, 15) is 14.7 Å². The molecule has 0 aliphatic heterocycles. The molecule has 0 aliphatic carbocycles. The standard InChI is InChI=1S/C11H13NO5/c1-16-10(14)11(15,17-2)8(7-13)9-5-3-4-6-12-9/h3-8,15H,1-2H3. The predicted octanol–water partition coefficient (Wildman–Crippen LogP) is -0.128. The Labute approximate surface area is 98.2 Å². The number of hydrogen-bond acceptors (Lipinski definition) is 6. The quantitative estimate of drug-likeness (QED) is 0.437. The van der Waals surface area contributed by atoms with E-state index in [1.165, 1.54) is 12.3 Å². The van der Waals surface area contributed by atoms with Gasteiger partial charge in [0.05, 0.1) is 12.8 Å². The van der Waals surface area contributed by atoms with Gasteiger partial charge in [-0.25, -0.2) is 4.79 Å². The largest absolute Gasteiger partial charge is 0.465 e. The average Bonchev–Trinajstić information content (AvgIpc) is 2.39. The van der Waals surface area contributed by atoms with Gasteiger partial charge in [-0.15, -0.1) is 0 Å².